The van der Waals surface area contributed by atoms with Gasteiger partial charge < -0.3 is 10.0 Å². The molecule has 0 saturated heterocycles. The lowest BCUT2D eigenvalue weighted by Gasteiger charge is -2.02. The molecule has 1 aromatic rings. The molecule has 0 bridgehead atoms. The fourth-order valence-corrected chi connectivity index (χ4v) is 1.15. The quantitative estimate of drug-likeness (QED) is 0.528. The Labute approximate surface area is 64.6 Å². The molecule has 0 spiro atoms. The second kappa shape index (κ2) is 2.35. The molecule has 1 aliphatic rings. The van der Waals surface area contributed by atoms with Crippen molar-refractivity contribution in [3.63, 3.8) is 0 Å². The third kappa shape index (κ3) is 1.17. The summed E-state index contributed by atoms with van der Waals surface area (Å²) >= 11 is 0. The molecule has 0 aromatic carbocycles. The van der Waals surface area contributed by atoms with E-state index in [4.69, 9.17) is 10.0 Å². The maximum atomic E-state index is 8.86. The summed E-state index contributed by atoms with van der Waals surface area (Å²) in [6.07, 6.45) is 3.79. The van der Waals surface area contributed by atoms with Gasteiger partial charge in [-0.15, -0.1) is 0 Å². The third-order valence-corrected chi connectivity index (χ3v) is 1.86. The number of aromatic nitrogens is 2. The molecule has 5 heteroatoms. The van der Waals surface area contributed by atoms with Gasteiger partial charge in [-0.3, -0.25) is 4.68 Å². The Balaban J connectivity index is 2.30. The van der Waals surface area contributed by atoms with Crippen LogP contribution in [-0.2, 0) is 0 Å². The maximum Gasteiger partial charge on any atom is 0.507 e. The van der Waals surface area contributed by atoms with E-state index >= 15 is 0 Å². The summed E-state index contributed by atoms with van der Waals surface area (Å²) in [4.78, 5) is 0. The van der Waals surface area contributed by atoms with Crippen LogP contribution in [0.15, 0.2) is 12.3 Å². The Morgan fingerprint density at radius 3 is 2.82 bits per heavy atom. The first-order valence-corrected chi connectivity index (χ1v) is 3.68. The van der Waals surface area contributed by atoms with E-state index in [9.17, 15) is 0 Å². The average molecular weight is 152 g/mol. The molecule has 0 radical (unpaired) electrons. The van der Waals surface area contributed by atoms with E-state index < -0.39 is 7.12 Å². The molecular weight excluding hydrogens is 143 g/mol. The van der Waals surface area contributed by atoms with Gasteiger partial charge in [-0.1, -0.05) is 0 Å². The molecule has 1 aliphatic carbocycles. The van der Waals surface area contributed by atoms with Gasteiger partial charge in [-0.25, -0.2) is 0 Å². The topological polar surface area (TPSA) is 58.3 Å². The zero-order valence-corrected chi connectivity index (χ0v) is 6.01. The van der Waals surface area contributed by atoms with Crippen LogP contribution in [0.3, 0.4) is 0 Å². The van der Waals surface area contributed by atoms with E-state index in [-0.39, 0.29) is 0 Å². The van der Waals surface area contributed by atoms with Crippen molar-refractivity contribution < 1.29 is 10.0 Å². The fourth-order valence-electron chi connectivity index (χ4n) is 1.15. The monoisotopic (exact) mass is 152 g/mol. The van der Waals surface area contributed by atoms with Crippen molar-refractivity contribution in [1.29, 1.82) is 0 Å². The fraction of sp³-hybridized carbons (Fsp3) is 0.500. The van der Waals surface area contributed by atoms with Crippen LogP contribution in [0.4, 0.5) is 0 Å². The summed E-state index contributed by atoms with van der Waals surface area (Å²) in [6.45, 7) is 0. The number of hydrogen-bond donors (Lipinski definition) is 2. The number of nitrogens with zero attached hydrogens (tertiary/aromatic N) is 2. The van der Waals surface area contributed by atoms with Crippen LogP contribution in [0.25, 0.3) is 0 Å². The third-order valence-electron chi connectivity index (χ3n) is 1.86. The van der Waals surface area contributed by atoms with E-state index in [1.165, 1.54) is 0 Å². The lowest BCUT2D eigenvalue weighted by molar-refractivity contribution is 0.420. The van der Waals surface area contributed by atoms with Gasteiger partial charge in [0.2, 0.25) is 0 Å². The Bertz CT molecular complexity index is 240. The van der Waals surface area contributed by atoms with Crippen LogP contribution in [-0.4, -0.2) is 26.9 Å². The lowest BCUT2D eigenvalue weighted by atomic mass is 9.86. The molecule has 0 unspecified atom stereocenters. The SMILES string of the molecule is OB(O)c1ccnn1C1CC1. The van der Waals surface area contributed by atoms with Crippen LogP contribution in [0.5, 0.6) is 0 Å². The van der Waals surface area contributed by atoms with Crippen molar-refractivity contribution in [1.82, 2.24) is 9.78 Å². The highest BCUT2D eigenvalue weighted by atomic mass is 16.4. The highest BCUT2D eigenvalue weighted by Crippen LogP contribution is 2.32. The Morgan fingerprint density at radius 1 is 1.55 bits per heavy atom. The standard InChI is InChI=1S/C6H9BN2O2/c10-7(11)6-3-4-8-9(6)5-1-2-5/h3-5,10-11H,1-2H2. The maximum absolute atomic E-state index is 8.86. The van der Waals surface area contributed by atoms with Crippen LogP contribution >= 0.6 is 0 Å². The van der Waals surface area contributed by atoms with Crippen LogP contribution in [0, 0.1) is 0 Å². The highest BCUT2D eigenvalue weighted by Gasteiger charge is 2.29. The largest absolute Gasteiger partial charge is 0.507 e. The van der Waals surface area contributed by atoms with E-state index in [1.807, 2.05) is 0 Å². The van der Waals surface area contributed by atoms with Crippen molar-refractivity contribution in [2.75, 3.05) is 0 Å². The molecule has 0 amide bonds. The Kier molecular flexibility index (Phi) is 1.47. The van der Waals surface area contributed by atoms with Crippen molar-refractivity contribution in [2.24, 2.45) is 0 Å². The highest BCUT2D eigenvalue weighted by molar-refractivity contribution is 6.57. The predicted octanol–water partition coefficient (Wildman–Crippen LogP) is -1.10. The first kappa shape index (κ1) is 6.88. The second-order valence-electron chi connectivity index (χ2n) is 2.81. The Hall–Kier alpha value is -0.805. The van der Waals surface area contributed by atoms with Gasteiger partial charge in [-0.2, -0.15) is 5.10 Å². The zero-order valence-electron chi connectivity index (χ0n) is 6.01. The number of hydrogen-bond acceptors (Lipinski definition) is 3. The van der Waals surface area contributed by atoms with Crippen molar-refractivity contribution >= 4 is 12.7 Å². The molecule has 0 aliphatic heterocycles. The summed E-state index contributed by atoms with van der Waals surface area (Å²) in [7, 11) is -1.39. The normalized spacial score (nSPS) is 16.9. The van der Waals surface area contributed by atoms with Crippen molar-refractivity contribution in [3.8, 4) is 0 Å². The van der Waals surface area contributed by atoms with Gasteiger partial charge in [-0.05, 0) is 18.9 Å². The average Bonchev–Trinajstić information content (AvgIpc) is 2.68. The first-order chi connectivity index (χ1) is 5.29. The van der Waals surface area contributed by atoms with Crippen LogP contribution in [0.1, 0.15) is 18.9 Å². The van der Waals surface area contributed by atoms with E-state index in [2.05, 4.69) is 5.10 Å². The van der Waals surface area contributed by atoms with E-state index in [1.54, 1.807) is 16.9 Å². The van der Waals surface area contributed by atoms with Crippen LogP contribution < -0.4 is 5.59 Å². The minimum atomic E-state index is -1.39. The summed E-state index contributed by atoms with van der Waals surface area (Å²) < 4.78 is 1.69. The number of rotatable bonds is 2. The molecule has 1 saturated carbocycles. The summed E-state index contributed by atoms with van der Waals surface area (Å²) in [5, 5.41) is 21.7. The van der Waals surface area contributed by atoms with Gasteiger partial charge in [0, 0.05) is 6.20 Å². The molecule has 1 heterocycles. The second-order valence-corrected chi connectivity index (χ2v) is 2.81. The molecule has 4 nitrogen and oxygen atoms in total. The predicted molar refractivity (Wildman–Crippen MR) is 40.3 cm³/mol. The molecule has 1 aromatic heterocycles. The molecule has 0 atom stereocenters. The van der Waals surface area contributed by atoms with Crippen molar-refractivity contribution in [3.05, 3.63) is 12.3 Å². The molecule has 58 valence electrons. The first-order valence-electron chi connectivity index (χ1n) is 3.68. The molecule has 2 rings (SSSR count). The van der Waals surface area contributed by atoms with Gasteiger partial charge in [0.25, 0.3) is 0 Å². The smallest absolute Gasteiger partial charge is 0.422 e. The van der Waals surface area contributed by atoms with Gasteiger partial charge in [0.05, 0.1) is 11.6 Å². The zero-order chi connectivity index (χ0) is 7.84. The molecule has 1 fully saturated rings. The minimum Gasteiger partial charge on any atom is -0.422 e. The Morgan fingerprint density at radius 2 is 2.27 bits per heavy atom. The molecule has 11 heavy (non-hydrogen) atoms. The minimum absolute atomic E-state index is 0.404. The summed E-state index contributed by atoms with van der Waals surface area (Å²) in [5.74, 6) is 0. The van der Waals surface area contributed by atoms with Gasteiger partial charge in [0.15, 0.2) is 0 Å². The lowest BCUT2D eigenvalue weighted by Crippen LogP contribution is -2.36. The van der Waals surface area contributed by atoms with Crippen molar-refractivity contribution in [2.45, 2.75) is 18.9 Å². The molecular formula is C6H9BN2O2. The molecule has 2 N–H and O–H groups in total. The van der Waals surface area contributed by atoms with Crippen LogP contribution in [0.2, 0.25) is 0 Å². The van der Waals surface area contributed by atoms with Gasteiger partial charge in [0.1, 0.15) is 0 Å². The van der Waals surface area contributed by atoms with E-state index in [0.29, 0.717) is 11.6 Å². The van der Waals surface area contributed by atoms with Gasteiger partial charge >= 0.3 is 7.12 Å². The van der Waals surface area contributed by atoms with E-state index in [0.717, 1.165) is 12.8 Å². The summed E-state index contributed by atoms with van der Waals surface area (Å²) in [5.41, 5.74) is 0.493. The summed E-state index contributed by atoms with van der Waals surface area (Å²) in [6, 6.07) is 2.03.